The first-order valence-electron chi connectivity index (χ1n) is 8.56. The highest BCUT2D eigenvalue weighted by Gasteiger charge is 2.35. The fourth-order valence-corrected chi connectivity index (χ4v) is 4.16. The van der Waals surface area contributed by atoms with Crippen molar-refractivity contribution in [1.82, 2.24) is 4.90 Å². The van der Waals surface area contributed by atoms with Gasteiger partial charge in [-0.15, -0.1) is 0 Å². The van der Waals surface area contributed by atoms with E-state index in [0.29, 0.717) is 29.2 Å². The van der Waals surface area contributed by atoms with E-state index in [1.165, 1.54) is 19.2 Å². The number of nitrogens with zero attached hydrogens (tertiary/aromatic N) is 2. The van der Waals surface area contributed by atoms with E-state index in [-0.39, 0.29) is 23.0 Å². The Morgan fingerprint density at radius 3 is 2.72 bits per heavy atom. The zero-order valence-electron chi connectivity index (χ0n) is 14.1. The van der Waals surface area contributed by atoms with Gasteiger partial charge >= 0.3 is 0 Å². The SMILES string of the molecule is COc1cc([N+](=O)[O-])cc2cc(C(=O)C[C@@H]3CN4CCC3CC4)oc12. The number of ketones is 1. The van der Waals surface area contributed by atoms with E-state index in [1.807, 2.05) is 0 Å². The first kappa shape index (κ1) is 16.1. The summed E-state index contributed by atoms with van der Waals surface area (Å²) in [6.45, 7) is 3.26. The molecule has 2 aromatic rings. The van der Waals surface area contributed by atoms with Crippen molar-refractivity contribution in [1.29, 1.82) is 0 Å². The number of non-ortho nitro benzene ring substituents is 1. The van der Waals surface area contributed by atoms with Crippen LogP contribution in [0.1, 0.15) is 29.8 Å². The maximum Gasteiger partial charge on any atom is 0.274 e. The summed E-state index contributed by atoms with van der Waals surface area (Å²) < 4.78 is 10.9. The molecule has 0 saturated carbocycles. The molecule has 7 heteroatoms. The molecule has 3 fully saturated rings. The highest BCUT2D eigenvalue weighted by atomic mass is 16.6. The van der Waals surface area contributed by atoms with Crippen LogP contribution in [0, 0.1) is 22.0 Å². The molecule has 1 aromatic carbocycles. The average molecular weight is 344 g/mol. The van der Waals surface area contributed by atoms with Crippen molar-refractivity contribution in [3.05, 3.63) is 34.1 Å². The highest BCUT2D eigenvalue weighted by molar-refractivity contribution is 5.99. The van der Waals surface area contributed by atoms with Gasteiger partial charge in [-0.1, -0.05) is 0 Å². The molecule has 132 valence electrons. The second-order valence-electron chi connectivity index (χ2n) is 6.96. The predicted molar refractivity (Wildman–Crippen MR) is 91.0 cm³/mol. The van der Waals surface area contributed by atoms with Crippen LogP contribution in [0.4, 0.5) is 5.69 Å². The molecule has 2 bridgehead atoms. The van der Waals surface area contributed by atoms with Gasteiger partial charge in [0.25, 0.3) is 5.69 Å². The Morgan fingerprint density at radius 1 is 1.36 bits per heavy atom. The number of benzene rings is 1. The molecule has 0 radical (unpaired) electrons. The lowest BCUT2D eigenvalue weighted by molar-refractivity contribution is -0.384. The molecular formula is C18H20N2O5. The van der Waals surface area contributed by atoms with E-state index < -0.39 is 4.92 Å². The largest absolute Gasteiger partial charge is 0.493 e. The average Bonchev–Trinajstić information content (AvgIpc) is 3.06. The van der Waals surface area contributed by atoms with E-state index in [1.54, 1.807) is 6.07 Å². The standard InChI is InChI=1S/C18H20N2O5/c1-24-17-9-14(20(22)23)6-12-8-16(25-18(12)17)15(21)7-13-10-19-4-2-11(13)3-5-19/h6,8-9,11,13H,2-5,7,10H2,1H3/t13-/m1/s1. The monoisotopic (exact) mass is 344 g/mol. The lowest BCUT2D eigenvalue weighted by Gasteiger charge is -2.44. The van der Waals surface area contributed by atoms with Crippen LogP contribution in [0.3, 0.4) is 0 Å². The fourth-order valence-electron chi connectivity index (χ4n) is 4.16. The van der Waals surface area contributed by atoms with Crippen LogP contribution in [-0.4, -0.2) is 42.4 Å². The van der Waals surface area contributed by atoms with Crippen LogP contribution in [0.15, 0.2) is 22.6 Å². The number of rotatable bonds is 5. The van der Waals surface area contributed by atoms with Crippen molar-refractivity contribution in [3.8, 4) is 5.75 Å². The summed E-state index contributed by atoms with van der Waals surface area (Å²) in [7, 11) is 1.43. The maximum absolute atomic E-state index is 12.7. The van der Waals surface area contributed by atoms with Gasteiger partial charge in [-0.25, -0.2) is 0 Å². The van der Waals surface area contributed by atoms with Crippen LogP contribution in [-0.2, 0) is 0 Å². The number of methoxy groups -OCH3 is 1. The Morgan fingerprint density at radius 2 is 2.12 bits per heavy atom. The predicted octanol–water partition coefficient (Wildman–Crippen LogP) is 3.26. The number of piperidine rings is 3. The molecule has 1 aromatic heterocycles. The third-order valence-electron chi connectivity index (χ3n) is 5.51. The smallest absolute Gasteiger partial charge is 0.274 e. The van der Waals surface area contributed by atoms with Crippen molar-refractivity contribution >= 4 is 22.4 Å². The molecule has 3 saturated heterocycles. The second kappa shape index (κ2) is 6.15. The van der Waals surface area contributed by atoms with Crippen LogP contribution < -0.4 is 4.74 Å². The van der Waals surface area contributed by atoms with Gasteiger partial charge in [0.05, 0.1) is 18.1 Å². The Hall–Kier alpha value is -2.41. The van der Waals surface area contributed by atoms with Gasteiger partial charge < -0.3 is 14.1 Å². The molecule has 4 heterocycles. The Labute approximate surface area is 144 Å². The molecule has 7 nitrogen and oxygen atoms in total. The number of hydrogen-bond donors (Lipinski definition) is 0. The van der Waals surface area contributed by atoms with Gasteiger partial charge in [0, 0.05) is 24.4 Å². The first-order chi connectivity index (χ1) is 12.0. The maximum atomic E-state index is 12.7. The van der Waals surface area contributed by atoms with Crippen molar-refractivity contribution < 1.29 is 18.9 Å². The van der Waals surface area contributed by atoms with Gasteiger partial charge in [-0.2, -0.15) is 0 Å². The molecule has 3 aliphatic heterocycles. The normalized spacial score (nSPS) is 25.2. The highest BCUT2D eigenvalue weighted by Crippen LogP contribution is 2.37. The van der Waals surface area contributed by atoms with Crippen LogP contribution in [0.2, 0.25) is 0 Å². The fraction of sp³-hybridized carbons (Fsp3) is 0.500. The number of ether oxygens (including phenoxy) is 1. The molecule has 5 rings (SSSR count). The quantitative estimate of drug-likeness (QED) is 0.470. The van der Waals surface area contributed by atoms with Crippen LogP contribution >= 0.6 is 0 Å². The van der Waals surface area contributed by atoms with Gasteiger partial charge in [-0.05, 0) is 43.8 Å². The number of furan rings is 1. The van der Waals surface area contributed by atoms with Gasteiger partial charge in [0.15, 0.2) is 22.9 Å². The Balaban J connectivity index is 1.60. The molecule has 0 N–H and O–H groups in total. The number of nitro benzene ring substituents is 1. The summed E-state index contributed by atoms with van der Waals surface area (Å²) in [5, 5.41) is 11.6. The summed E-state index contributed by atoms with van der Waals surface area (Å²) in [5.74, 6) is 1.48. The number of fused-ring (bicyclic) bond motifs is 4. The summed E-state index contributed by atoms with van der Waals surface area (Å²) in [6.07, 6.45) is 2.79. The Kier molecular flexibility index (Phi) is 3.95. The van der Waals surface area contributed by atoms with Gasteiger partial charge in [0.1, 0.15) is 0 Å². The van der Waals surface area contributed by atoms with Gasteiger partial charge in [0.2, 0.25) is 0 Å². The van der Waals surface area contributed by atoms with E-state index in [4.69, 9.17) is 9.15 Å². The third kappa shape index (κ3) is 2.89. The summed E-state index contributed by atoms with van der Waals surface area (Å²) in [6, 6.07) is 4.31. The molecule has 0 amide bonds. The zero-order valence-corrected chi connectivity index (χ0v) is 14.1. The third-order valence-corrected chi connectivity index (χ3v) is 5.51. The lowest BCUT2D eigenvalue weighted by atomic mass is 9.76. The number of carbonyl (C=O) groups is 1. The lowest BCUT2D eigenvalue weighted by Crippen LogP contribution is -2.47. The molecule has 0 spiro atoms. The minimum atomic E-state index is -0.482. The van der Waals surface area contributed by atoms with E-state index >= 15 is 0 Å². The molecule has 3 aliphatic rings. The minimum absolute atomic E-state index is 0.0420. The number of carbonyl (C=O) groups excluding carboxylic acids is 1. The topological polar surface area (TPSA) is 85.8 Å². The van der Waals surface area contributed by atoms with Crippen molar-refractivity contribution in [2.24, 2.45) is 11.8 Å². The van der Waals surface area contributed by atoms with Crippen LogP contribution in [0.5, 0.6) is 5.75 Å². The van der Waals surface area contributed by atoms with Gasteiger partial charge in [-0.3, -0.25) is 14.9 Å². The molecule has 0 unspecified atom stereocenters. The summed E-state index contributed by atoms with van der Waals surface area (Å²) in [5.41, 5.74) is 0.298. The number of Topliss-reactive ketones (excluding diaryl/α,β-unsaturated/α-hetero) is 1. The van der Waals surface area contributed by atoms with E-state index in [9.17, 15) is 14.9 Å². The first-order valence-corrected chi connectivity index (χ1v) is 8.56. The molecular weight excluding hydrogens is 324 g/mol. The molecule has 25 heavy (non-hydrogen) atoms. The van der Waals surface area contributed by atoms with Crippen molar-refractivity contribution in [3.63, 3.8) is 0 Å². The molecule has 1 atom stereocenters. The second-order valence-corrected chi connectivity index (χ2v) is 6.96. The Bertz CT molecular complexity index is 835. The number of hydrogen-bond acceptors (Lipinski definition) is 6. The number of nitro groups is 1. The van der Waals surface area contributed by atoms with E-state index in [2.05, 4.69) is 4.90 Å². The zero-order chi connectivity index (χ0) is 17.6. The molecule has 0 aliphatic carbocycles. The van der Waals surface area contributed by atoms with E-state index in [0.717, 1.165) is 32.5 Å². The van der Waals surface area contributed by atoms with Crippen molar-refractivity contribution in [2.45, 2.75) is 19.3 Å². The summed E-state index contributed by atoms with van der Waals surface area (Å²) in [4.78, 5) is 25.7. The summed E-state index contributed by atoms with van der Waals surface area (Å²) >= 11 is 0. The van der Waals surface area contributed by atoms with Crippen molar-refractivity contribution in [2.75, 3.05) is 26.7 Å². The van der Waals surface area contributed by atoms with Crippen LogP contribution in [0.25, 0.3) is 11.0 Å². The minimum Gasteiger partial charge on any atom is -0.493 e.